The molecule has 1 aliphatic rings. The third-order valence-corrected chi connectivity index (χ3v) is 5.14. The van der Waals surface area contributed by atoms with Gasteiger partial charge in [-0.1, -0.05) is 29.8 Å². The molecule has 158 valence electrons. The number of aryl methyl sites for hydroxylation is 2. The van der Waals surface area contributed by atoms with E-state index in [1.54, 1.807) is 50.2 Å². The van der Waals surface area contributed by atoms with E-state index in [4.69, 9.17) is 16.3 Å². The van der Waals surface area contributed by atoms with Gasteiger partial charge < -0.3 is 9.84 Å². The molecule has 1 fully saturated rings. The molecule has 0 atom stereocenters. The van der Waals surface area contributed by atoms with Crippen LogP contribution in [0.2, 0.25) is 5.02 Å². The molecule has 0 aromatic heterocycles. The first kappa shape index (κ1) is 21.6. The number of urea groups is 1. The van der Waals surface area contributed by atoms with Gasteiger partial charge in [-0.15, -0.1) is 0 Å². The van der Waals surface area contributed by atoms with E-state index in [-0.39, 0.29) is 19.0 Å². The number of benzene rings is 2. The van der Waals surface area contributed by atoms with E-state index < -0.39 is 17.6 Å². The highest BCUT2D eigenvalue weighted by Crippen LogP contribution is 2.30. The topological polar surface area (TPSA) is 87.2 Å². The molecule has 1 N–H and O–H groups in total. The Kier molecular flexibility index (Phi) is 5.76. The minimum atomic E-state index is -1.38. The number of hydrogen-bond acceptors (Lipinski definition) is 4. The highest BCUT2D eigenvalue weighted by Gasteiger charge is 2.37. The number of halogens is 1. The number of nitrogens with zero attached hydrogens (tertiary/aromatic N) is 2. The van der Waals surface area contributed by atoms with Gasteiger partial charge in [0.2, 0.25) is 0 Å². The Balaban J connectivity index is 1.82. The second kappa shape index (κ2) is 7.99. The van der Waals surface area contributed by atoms with E-state index in [1.165, 1.54) is 23.6 Å². The van der Waals surface area contributed by atoms with E-state index in [0.717, 1.165) is 16.7 Å². The smallest absolute Gasteiger partial charge is 0.347 e. The van der Waals surface area contributed by atoms with Crippen LogP contribution in [0.1, 0.15) is 30.5 Å². The number of aliphatic carboxylic acids is 1. The van der Waals surface area contributed by atoms with Gasteiger partial charge in [-0.25, -0.2) is 9.59 Å². The lowest BCUT2D eigenvalue weighted by molar-refractivity contribution is -0.152. The van der Waals surface area contributed by atoms with Gasteiger partial charge >= 0.3 is 12.0 Å². The van der Waals surface area contributed by atoms with E-state index in [9.17, 15) is 19.5 Å². The summed E-state index contributed by atoms with van der Waals surface area (Å²) in [6.45, 7) is 6.62. The maximum Gasteiger partial charge on any atom is 0.347 e. The molecule has 1 saturated heterocycles. The third-order valence-electron chi connectivity index (χ3n) is 4.91. The average Bonchev–Trinajstić information content (AvgIpc) is 2.93. The number of carboxylic acids is 1. The molecule has 8 heteroatoms. The quantitative estimate of drug-likeness (QED) is 0.695. The summed E-state index contributed by atoms with van der Waals surface area (Å²) in [4.78, 5) is 39.3. The van der Waals surface area contributed by atoms with E-state index in [0.29, 0.717) is 16.5 Å². The van der Waals surface area contributed by atoms with Crippen LogP contribution in [-0.2, 0) is 16.1 Å². The number of carbonyl (C=O) groups excluding carboxylic acids is 2. The molecule has 0 saturated carbocycles. The second-order valence-electron chi connectivity index (χ2n) is 7.80. The molecule has 1 aliphatic heterocycles. The lowest BCUT2D eigenvalue weighted by atomic mass is 10.0. The predicted octanol–water partition coefficient (Wildman–Crippen LogP) is 4.17. The summed E-state index contributed by atoms with van der Waals surface area (Å²) in [5.74, 6) is -0.895. The normalized spacial score (nSPS) is 14.4. The molecular formula is C22H23ClN2O5. The van der Waals surface area contributed by atoms with Crippen molar-refractivity contribution >= 4 is 35.2 Å². The number of carbonyl (C=O) groups is 3. The maximum absolute atomic E-state index is 12.8. The van der Waals surface area contributed by atoms with Gasteiger partial charge in [-0.3, -0.25) is 14.6 Å². The van der Waals surface area contributed by atoms with Crippen molar-refractivity contribution in [1.82, 2.24) is 4.90 Å². The van der Waals surface area contributed by atoms with Crippen LogP contribution >= 0.6 is 11.6 Å². The number of imide groups is 1. The number of hydrogen-bond donors (Lipinski definition) is 1. The highest BCUT2D eigenvalue weighted by atomic mass is 35.5. The van der Waals surface area contributed by atoms with Crippen LogP contribution in [0.4, 0.5) is 10.5 Å². The molecule has 0 unspecified atom stereocenters. The zero-order valence-corrected chi connectivity index (χ0v) is 18.0. The summed E-state index contributed by atoms with van der Waals surface area (Å²) in [5, 5.41) is 9.79. The largest absolute Gasteiger partial charge is 0.478 e. The highest BCUT2D eigenvalue weighted by molar-refractivity contribution is 6.31. The van der Waals surface area contributed by atoms with Crippen molar-refractivity contribution in [3.63, 3.8) is 0 Å². The van der Waals surface area contributed by atoms with E-state index >= 15 is 0 Å². The van der Waals surface area contributed by atoms with Crippen molar-refractivity contribution in [3.8, 4) is 5.75 Å². The molecule has 0 radical (unpaired) electrons. The molecule has 30 heavy (non-hydrogen) atoms. The fraction of sp³-hybridized carbons (Fsp3) is 0.318. The summed E-state index contributed by atoms with van der Waals surface area (Å²) in [5.41, 5.74) is 1.39. The van der Waals surface area contributed by atoms with Crippen molar-refractivity contribution in [1.29, 1.82) is 0 Å². The minimum Gasteiger partial charge on any atom is -0.478 e. The summed E-state index contributed by atoms with van der Waals surface area (Å²) >= 11 is 6.00. The lowest BCUT2D eigenvalue weighted by Gasteiger charge is -2.25. The van der Waals surface area contributed by atoms with Crippen LogP contribution in [-0.4, -0.2) is 40.1 Å². The summed E-state index contributed by atoms with van der Waals surface area (Å²) in [6.07, 6.45) is 0. The Morgan fingerprint density at radius 1 is 1.17 bits per heavy atom. The summed E-state index contributed by atoms with van der Waals surface area (Å²) < 4.78 is 5.71. The monoisotopic (exact) mass is 430 g/mol. The van der Waals surface area contributed by atoms with Gasteiger partial charge in [-0.2, -0.15) is 0 Å². The number of anilines is 1. The number of rotatable bonds is 6. The van der Waals surface area contributed by atoms with Gasteiger partial charge in [0.05, 0.1) is 6.54 Å². The van der Waals surface area contributed by atoms with Gasteiger partial charge in [0.1, 0.15) is 12.3 Å². The molecular weight excluding hydrogens is 408 g/mol. The second-order valence-corrected chi connectivity index (χ2v) is 8.24. The van der Waals surface area contributed by atoms with Gasteiger partial charge in [0.15, 0.2) is 5.60 Å². The first-order valence-corrected chi connectivity index (χ1v) is 9.77. The SMILES string of the molecule is Cc1cc(CN2C(=O)CN(c3cccc(Cl)c3)C2=O)cc(C)c1OC(C)(C)C(=O)O. The molecule has 0 bridgehead atoms. The van der Waals surface area contributed by atoms with Crippen LogP contribution in [0, 0.1) is 13.8 Å². The standard InChI is InChI=1S/C22H23ClN2O5/c1-13-8-15(9-14(2)19(13)30-22(3,4)20(27)28)11-25-18(26)12-24(21(25)29)17-7-5-6-16(23)10-17/h5-10H,11-12H2,1-4H3,(H,27,28). The van der Waals surface area contributed by atoms with Crippen molar-refractivity contribution in [2.45, 2.75) is 39.8 Å². The molecule has 1 heterocycles. The number of amides is 3. The fourth-order valence-corrected chi connectivity index (χ4v) is 3.50. The van der Waals surface area contributed by atoms with Crippen LogP contribution in [0.15, 0.2) is 36.4 Å². The predicted molar refractivity (Wildman–Crippen MR) is 113 cm³/mol. The van der Waals surface area contributed by atoms with Crippen LogP contribution < -0.4 is 9.64 Å². The van der Waals surface area contributed by atoms with Crippen LogP contribution in [0.25, 0.3) is 0 Å². The molecule has 3 amide bonds. The molecule has 0 spiro atoms. The number of carboxylic acid groups (broad SMARTS) is 1. The summed E-state index contributed by atoms with van der Waals surface area (Å²) in [7, 11) is 0. The molecule has 2 aromatic carbocycles. The summed E-state index contributed by atoms with van der Waals surface area (Å²) in [6, 6.07) is 9.97. The van der Waals surface area contributed by atoms with Crippen molar-refractivity contribution in [3.05, 3.63) is 58.1 Å². The van der Waals surface area contributed by atoms with Gasteiger partial charge in [0.25, 0.3) is 5.91 Å². The Bertz CT molecular complexity index is 1010. The van der Waals surface area contributed by atoms with Crippen molar-refractivity contribution in [2.24, 2.45) is 0 Å². The Labute approximate surface area is 179 Å². The maximum atomic E-state index is 12.8. The van der Waals surface area contributed by atoms with Crippen molar-refractivity contribution < 1.29 is 24.2 Å². The third kappa shape index (κ3) is 4.26. The van der Waals surface area contributed by atoms with Crippen molar-refractivity contribution in [2.75, 3.05) is 11.4 Å². The lowest BCUT2D eigenvalue weighted by Crippen LogP contribution is -2.38. The first-order valence-electron chi connectivity index (χ1n) is 9.39. The van der Waals surface area contributed by atoms with Gasteiger partial charge in [-0.05, 0) is 62.6 Å². The zero-order valence-electron chi connectivity index (χ0n) is 17.2. The van der Waals surface area contributed by atoms with Crippen LogP contribution in [0.3, 0.4) is 0 Å². The Hall–Kier alpha value is -3.06. The fourth-order valence-electron chi connectivity index (χ4n) is 3.32. The minimum absolute atomic E-state index is 0.0505. The van der Waals surface area contributed by atoms with Crippen LogP contribution in [0.5, 0.6) is 5.75 Å². The molecule has 2 aromatic rings. The Morgan fingerprint density at radius 3 is 2.37 bits per heavy atom. The average molecular weight is 431 g/mol. The van der Waals surface area contributed by atoms with E-state index in [1.807, 2.05) is 0 Å². The Morgan fingerprint density at radius 2 is 1.80 bits per heavy atom. The first-order chi connectivity index (χ1) is 14.0. The van der Waals surface area contributed by atoms with E-state index in [2.05, 4.69) is 0 Å². The molecule has 7 nitrogen and oxygen atoms in total. The zero-order chi connectivity index (χ0) is 22.2. The molecule has 3 rings (SSSR count). The number of ether oxygens (including phenoxy) is 1. The molecule has 0 aliphatic carbocycles. The van der Waals surface area contributed by atoms with Gasteiger partial charge in [0, 0.05) is 10.7 Å².